The molecular weight excluding hydrogens is 971 g/mol. The number of fused-ring (bicyclic) bond motifs is 1. The summed E-state index contributed by atoms with van der Waals surface area (Å²) in [6.45, 7) is 0.465. The fraction of sp³-hybridized carbons (Fsp3) is 0.649. The lowest BCUT2D eigenvalue weighted by Gasteiger charge is -2.30. The van der Waals surface area contributed by atoms with Gasteiger partial charge < -0.3 is 56.0 Å². The lowest BCUT2D eigenvalue weighted by atomic mass is 9.87. The van der Waals surface area contributed by atoms with E-state index in [1.54, 1.807) is 0 Å². The van der Waals surface area contributed by atoms with Crippen molar-refractivity contribution >= 4 is 75.1 Å². The monoisotopic (exact) mass is 1030 g/mol. The number of nitrogens with two attached hydrogens (primary N) is 1. The van der Waals surface area contributed by atoms with Gasteiger partial charge in [0, 0.05) is 43.5 Å². The van der Waals surface area contributed by atoms with Crippen LogP contribution in [0.15, 0.2) is 37.0 Å². The minimum atomic E-state index is -5.59. The van der Waals surface area contributed by atoms with Gasteiger partial charge in [-0.1, -0.05) is 62.8 Å². The quantitative estimate of drug-likeness (QED) is 0.0286. The van der Waals surface area contributed by atoms with Gasteiger partial charge in [-0.25, -0.2) is 28.6 Å². The van der Waals surface area contributed by atoms with Gasteiger partial charge in [0.05, 0.1) is 19.5 Å². The van der Waals surface area contributed by atoms with Gasteiger partial charge in [-0.05, 0) is 38.5 Å². The van der Waals surface area contributed by atoms with E-state index >= 15 is 0 Å². The Hall–Kier alpha value is -3.49. The van der Waals surface area contributed by atoms with Crippen molar-refractivity contribution in [3.63, 3.8) is 0 Å². The zero-order valence-electron chi connectivity index (χ0n) is 36.8. The number of allylic oxidation sites excluding steroid dienone is 4. The Bertz CT molecular complexity index is 2160. The lowest BCUT2D eigenvalue weighted by Crippen LogP contribution is -2.46. The number of nitrogens with one attached hydrogen (secondary N) is 2. The van der Waals surface area contributed by atoms with Gasteiger partial charge in [0.15, 0.2) is 22.8 Å². The molecule has 2 aromatic rings. The van der Waals surface area contributed by atoms with Crippen LogP contribution in [0.2, 0.25) is 0 Å². The van der Waals surface area contributed by atoms with Crippen molar-refractivity contribution in [1.29, 1.82) is 0 Å². The first-order valence-corrected chi connectivity index (χ1v) is 26.5. The molecule has 1 aliphatic heterocycles. The van der Waals surface area contributed by atoms with Crippen LogP contribution in [-0.4, -0.2) is 134 Å². The Balaban J connectivity index is 1.31. The molecule has 7 atom stereocenters. The standard InChI is InChI=1S/C37H60N7O19P3S/c1-37(2,32(50)35(51)40-18-17-26(45)39-19-20-67-28(48)16-14-12-10-8-6-4-3-5-7-9-11-13-15-27(46)47)22-60-66(57,58)63-65(55,56)59-21-25-31(62-64(52,53)54)30(49)36(61-25)44-24-43-29-33(38)41-23-42-34(29)44/h3-5,7,23-25,30-32,36,49-50H,6,8-22H2,1-2H3,(H,39,45)(H,40,51)(H,46,47)(H,55,56)(H,57,58)(H2,38,41,42)(H2,52,53,54)/b4-3+,7-5+. The molecule has 0 bridgehead atoms. The van der Waals surface area contributed by atoms with Gasteiger partial charge in [-0.3, -0.25) is 37.3 Å². The number of aliphatic carboxylic acids is 1. The molecule has 1 fully saturated rings. The van der Waals surface area contributed by atoms with Crippen LogP contribution in [0.5, 0.6) is 0 Å². The number of aliphatic hydroxyl groups excluding tert-OH is 2. The number of thioether (sulfide) groups is 1. The second-order valence-corrected chi connectivity index (χ2v) is 21.1. The zero-order valence-corrected chi connectivity index (χ0v) is 40.3. The highest BCUT2D eigenvalue weighted by molar-refractivity contribution is 8.13. The number of amides is 2. The van der Waals surface area contributed by atoms with Gasteiger partial charge >= 0.3 is 29.4 Å². The number of ether oxygens (including phenoxy) is 1. The fourth-order valence-corrected chi connectivity index (χ4v) is 9.69. The summed E-state index contributed by atoms with van der Waals surface area (Å²) in [6, 6.07) is 0. The highest BCUT2D eigenvalue weighted by Gasteiger charge is 2.50. The number of anilines is 1. The normalized spacial score (nSPS) is 20.2. The third-order valence-corrected chi connectivity index (χ3v) is 13.7. The number of nitrogens with zero attached hydrogens (tertiary/aromatic N) is 4. The van der Waals surface area contributed by atoms with Crippen LogP contribution < -0.4 is 16.4 Å². The van der Waals surface area contributed by atoms with Crippen LogP contribution in [0, 0.1) is 5.41 Å². The van der Waals surface area contributed by atoms with E-state index in [2.05, 4.69) is 40.5 Å². The van der Waals surface area contributed by atoms with Crippen molar-refractivity contribution in [3.8, 4) is 0 Å². The summed E-state index contributed by atoms with van der Waals surface area (Å²) < 4.78 is 62.3. The van der Waals surface area contributed by atoms with Crippen molar-refractivity contribution in [2.75, 3.05) is 37.8 Å². The number of carboxylic acid groups (broad SMARTS) is 1. The first-order valence-electron chi connectivity index (χ1n) is 21.0. The molecule has 378 valence electrons. The third kappa shape index (κ3) is 21.4. The van der Waals surface area contributed by atoms with E-state index in [1.165, 1.54) is 13.8 Å². The summed E-state index contributed by atoms with van der Waals surface area (Å²) >= 11 is 1.11. The zero-order chi connectivity index (χ0) is 49.8. The van der Waals surface area contributed by atoms with E-state index in [0.717, 1.165) is 73.9 Å². The fourth-order valence-electron chi connectivity index (χ4n) is 6.14. The summed E-state index contributed by atoms with van der Waals surface area (Å²) in [4.78, 5) is 98.7. The van der Waals surface area contributed by atoms with Crippen molar-refractivity contribution in [2.24, 2.45) is 5.41 Å². The number of unbranched alkanes of at least 4 members (excludes halogenated alkanes) is 6. The molecule has 0 radical (unpaired) electrons. The summed E-state index contributed by atoms with van der Waals surface area (Å²) in [5.41, 5.74) is 4.25. The van der Waals surface area contributed by atoms with Crippen LogP contribution in [-0.2, 0) is 55.5 Å². The van der Waals surface area contributed by atoms with Gasteiger partial charge in [-0.2, -0.15) is 4.31 Å². The molecule has 11 N–H and O–H groups in total. The number of carbonyl (C=O) groups excluding carboxylic acids is 3. The first kappa shape index (κ1) is 57.8. The molecule has 0 aliphatic carbocycles. The summed E-state index contributed by atoms with van der Waals surface area (Å²) in [5.74, 6) is -1.89. The number of aromatic nitrogens is 4. The molecule has 2 aromatic heterocycles. The number of phosphoric acid groups is 3. The van der Waals surface area contributed by atoms with Crippen LogP contribution in [0.1, 0.15) is 90.7 Å². The number of phosphoric ester groups is 3. The average Bonchev–Trinajstić information content (AvgIpc) is 3.80. The van der Waals surface area contributed by atoms with E-state index in [9.17, 15) is 62.7 Å². The molecule has 0 saturated carbocycles. The second-order valence-electron chi connectivity index (χ2n) is 15.7. The van der Waals surface area contributed by atoms with Gasteiger partial charge in [0.1, 0.15) is 36.3 Å². The summed E-state index contributed by atoms with van der Waals surface area (Å²) in [5, 5.41) is 35.2. The SMILES string of the molecule is CC(C)(COP(=O)(O)OP(=O)(O)OCC1OC(n2cnc3c(N)ncnc32)C(O)C1OP(=O)(O)O)C(O)C(=O)NCCC(=O)NCCSC(=O)CCCCCC/C=C/C=C/CCCCC(=O)O. The van der Waals surface area contributed by atoms with Crippen LogP contribution in [0.25, 0.3) is 11.2 Å². The van der Waals surface area contributed by atoms with E-state index < -0.39 is 90.5 Å². The van der Waals surface area contributed by atoms with E-state index in [-0.39, 0.29) is 48.0 Å². The molecule has 2 amide bonds. The van der Waals surface area contributed by atoms with Gasteiger partial charge in [0.25, 0.3) is 0 Å². The number of hydrogen-bond donors (Lipinski definition) is 10. The highest BCUT2D eigenvalue weighted by atomic mass is 32.2. The molecule has 3 rings (SSSR count). The van der Waals surface area contributed by atoms with E-state index in [1.807, 2.05) is 18.2 Å². The number of carbonyl (C=O) groups is 4. The molecule has 1 saturated heterocycles. The maximum Gasteiger partial charge on any atom is 0.481 e. The largest absolute Gasteiger partial charge is 0.481 e. The highest BCUT2D eigenvalue weighted by Crippen LogP contribution is 2.61. The van der Waals surface area contributed by atoms with Crippen LogP contribution >= 0.6 is 35.2 Å². The number of rotatable bonds is 32. The molecule has 3 heterocycles. The summed E-state index contributed by atoms with van der Waals surface area (Å²) in [6.07, 6.45) is 8.63. The van der Waals surface area contributed by atoms with Crippen LogP contribution in [0.3, 0.4) is 0 Å². The topological polar surface area (TPSA) is 401 Å². The maximum atomic E-state index is 12.7. The number of aliphatic hydroxyl groups is 2. The van der Waals surface area contributed by atoms with Crippen molar-refractivity contribution in [3.05, 3.63) is 37.0 Å². The molecule has 67 heavy (non-hydrogen) atoms. The van der Waals surface area contributed by atoms with Gasteiger partial charge in [0.2, 0.25) is 11.8 Å². The minimum absolute atomic E-state index is 0.0135. The number of imidazole rings is 1. The maximum absolute atomic E-state index is 12.7. The molecule has 7 unspecified atom stereocenters. The molecular formula is C37H60N7O19P3S. The minimum Gasteiger partial charge on any atom is -0.481 e. The predicted molar refractivity (Wildman–Crippen MR) is 239 cm³/mol. The van der Waals surface area contributed by atoms with Crippen molar-refractivity contribution < 1.29 is 90.4 Å². The Morgan fingerprint density at radius 1 is 0.910 bits per heavy atom. The number of carboxylic acids is 1. The Morgan fingerprint density at radius 2 is 1.55 bits per heavy atom. The molecule has 0 spiro atoms. The molecule has 26 nitrogen and oxygen atoms in total. The molecule has 0 aromatic carbocycles. The van der Waals surface area contributed by atoms with Crippen molar-refractivity contribution in [1.82, 2.24) is 30.2 Å². The van der Waals surface area contributed by atoms with Crippen molar-refractivity contribution in [2.45, 2.75) is 115 Å². The molecule has 1 aliphatic rings. The number of nitrogen functional groups attached to an aromatic ring is 1. The van der Waals surface area contributed by atoms with E-state index in [4.69, 9.17) is 24.6 Å². The lowest BCUT2D eigenvalue weighted by molar-refractivity contribution is -0.137. The smallest absolute Gasteiger partial charge is 0.481 e. The predicted octanol–water partition coefficient (Wildman–Crippen LogP) is 2.76. The van der Waals surface area contributed by atoms with Gasteiger partial charge in [-0.15, -0.1) is 0 Å². The molecule has 30 heteroatoms. The van der Waals surface area contributed by atoms with E-state index in [0.29, 0.717) is 18.6 Å². The Labute approximate surface area is 389 Å². The first-order chi connectivity index (χ1) is 31.4. The number of hydrogen-bond acceptors (Lipinski definition) is 19. The second kappa shape index (κ2) is 27.6. The summed E-state index contributed by atoms with van der Waals surface area (Å²) in [7, 11) is -16.4. The van der Waals surface area contributed by atoms with Crippen LogP contribution in [0.4, 0.5) is 5.82 Å². The Morgan fingerprint density at radius 3 is 2.22 bits per heavy atom. The average molecular weight is 1030 g/mol. The third-order valence-electron chi connectivity index (χ3n) is 9.66. The Kier molecular flexibility index (Phi) is 23.9.